The third-order valence-electron chi connectivity index (χ3n) is 6.93. The van der Waals surface area contributed by atoms with Crippen molar-refractivity contribution in [3.8, 4) is 11.8 Å². The van der Waals surface area contributed by atoms with E-state index in [4.69, 9.17) is 5.11 Å². The van der Waals surface area contributed by atoms with Crippen LogP contribution in [0, 0.1) is 18.8 Å². The fourth-order valence-corrected chi connectivity index (χ4v) is 4.44. The van der Waals surface area contributed by atoms with Gasteiger partial charge in [0.2, 0.25) is 5.95 Å². The quantitative estimate of drug-likeness (QED) is 0.287. The van der Waals surface area contributed by atoms with Gasteiger partial charge in [-0.2, -0.15) is 5.10 Å². The molecule has 1 aliphatic heterocycles. The standard InChI is InChI=1S/C31H34N8O2/c1-23-3-7-27(30(41)35-28-9-5-24(6-10-28)21-38-13-11-37(2)12-14-38)17-26(23)8-4-25-18-32-31(33-19-25)36-29-20-34-39(22-29)15-16-40/h3,5-7,9-10,17-20,22,40H,11-16,21H2,1-2H3,(H,35,41)(H,32,33,36). The lowest BCUT2D eigenvalue weighted by Gasteiger charge is -2.32. The first-order chi connectivity index (χ1) is 19.9. The van der Waals surface area contributed by atoms with Crippen LogP contribution in [0.3, 0.4) is 0 Å². The Kier molecular flexibility index (Phi) is 9.01. The normalized spacial score (nSPS) is 13.8. The lowest BCUT2D eigenvalue weighted by molar-refractivity contribution is 0.102. The zero-order chi connectivity index (χ0) is 28.6. The maximum absolute atomic E-state index is 13.0. The Hall–Kier alpha value is -4.56. The Labute approximate surface area is 240 Å². The molecule has 0 aliphatic carbocycles. The summed E-state index contributed by atoms with van der Waals surface area (Å²) in [5, 5.41) is 19.2. The van der Waals surface area contributed by atoms with Gasteiger partial charge in [-0.15, -0.1) is 0 Å². The highest BCUT2D eigenvalue weighted by Gasteiger charge is 2.14. The summed E-state index contributed by atoms with van der Waals surface area (Å²) in [6.45, 7) is 7.65. The van der Waals surface area contributed by atoms with E-state index >= 15 is 0 Å². The molecule has 4 aromatic rings. The molecule has 5 rings (SSSR count). The molecule has 0 saturated carbocycles. The van der Waals surface area contributed by atoms with Crippen LogP contribution in [0.1, 0.15) is 32.6 Å². The lowest BCUT2D eigenvalue weighted by Crippen LogP contribution is -2.43. The number of aliphatic hydroxyl groups is 1. The number of carbonyl (C=O) groups is 1. The van der Waals surface area contributed by atoms with Crippen LogP contribution >= 0.6 is 0 Å². The Morgan fingerprint density at radius 1 is 0.976 bits per heavy atom. The van der Waals surface area contributed by atoms with Gasteiger partial charge in [-0.05, 0) is 49.4 Å². The van der Waals surface area contributed by atoms with Gasteiger partial charge in [-0.3, -0.25) is 14.4 Å². The van der Waals surface area contributed by atoms with Crippen LogP contribution in [-0.2, 0) is 13.1 Å². The van der Waals surface area contributed by atoms with Crippen molar-refractivity contribution in [2.45, 2.75) is 20.0 Å². The average molecular weight is 551 g/mol. The Balaban J connectivity index is 1.19. The predicted molar refractivity (Wildman–Crippen MR) is 159 cm³/mol. The van der Waals surface area contributed by atoms with E-state index in [-0.39, 0.29) is 12.5 Å². The number of carbonyl (C=O) groups excluding carboxylic acids is 1. The molecular formula is C31H34N8O2. The van der Waals surface area contributed by atoms with Crippen LogP contribution in [0.5, 0.6) is 0 Å². The second-order valence-electron chi connectivity index (χ2n) is 10.1. The number of aryl methyl sites for hydroxylation is 1. The van der Waals surface area contributed by atoms with Gasteiger partial charge in [0.05, 0.1) is 30.6 Å². The summed E-state index contributed by atoms with van der Waals surface area (Å²) in [6.07, 6.45) is 6.69. The molecule has 210 valence electrons. The van der Waals surface area contributed by atoms with Crippen molar-refractivity contribution >= 4 is 23.2 Å². The van der Waals surface area contributed by atoms with Gasteiger partial charge in [0.1, 0.15) is 0 Å². The summed E-state index contributed by atoms with van der Waals surface area (Å²) in [5.74, 6) is 6.47. The van der Waals surface area contributed by atoms with Crippen LogP contribution < -0.4 is 10.6 Å². The maximum atomic E-state index is 13.0. The number of likely N-dealkylation sites (N-methyl/N-ethyl adjacent to an activating group) is 1. The monoisotopic (exact) mass is 550 g/mol. The van der Waals surface area contributed by atoms with Crippen molar-refractivity contribution in [1.29, 1.82) is 0 Å². The highest BCUT2D eigenvalue weighted by Crippen LogP contribution is 2.16. The van der Waals surface area contributed by atoms with Crippen molar-refractivity contribution in [2.24, 2.45) is 0 Å². The topological polar surface area (TPSA) is 111 Å². The highest BCUT2D eigenvalue weighted by atomic mass is 16.3. The van der Waals surface area contributed by atoms with E-state index in [0.29, 0.717) is 23.6 Å². The van der Waals surface area contributed by atoms with Gasteiger partial charge in [-0.25, -0.2) is 9.97 Å². The minimum atomic E-state index is -0.180. The molecule has 3 N–H and O–H groups in total. The number of hydrogen-bond acceptors (Lipinski definition) is 8. The summed E-state index contributed by atoms with van der Waals surface area (Å²) >= 11 is 0. The average Bonchev–Trinajstić information content (AvgIpc) is 3.42. The molecule has 3 heterocycles. The molecule has 0 atom stereocenters. The lowest BCUT2D eigenvalue weighted by atomic mass is 10.0. The second-order valence-corrected chi connectivity index (χ2v) is 10.1. The number of rotatable bonds is 8. The van der Waals surface area contributed by atoms with Gasteiger partial charge < -0.3 is 20.6 Å². The van der Waals surface area contributed by atoms with Gasteiger partial charge >= 0.3 is 0 Å². The van der Waals surface area contributed by atoms with Crippen molar-refractivity contribution in [2.75, 3.05) is 50.5 Å². The van der Waals surface area contributed by atoms with Crippen molar-refractivity contribution < 1.29 is 9.90 Å². The number of piperazine rings is 1. The molecule has 0 unspecified atom stereocenters. The van der Waals surface area contributed by atoms with Gasteiger partial charge in [0.25, 0.3) is 5.91 Å². The Morgan fingerprint density at radius 3 is 2.46 bits per heavy atom. The molecule has 1 fully saturated rings. The second kappa shape index (κ2) is 13.2. The number of anilines is 3. The van der Waals surface area contributed by atoms with Crippen LogP contribution in [0.25, 0.3) is 0 Å². The number of nitrogens with zero attached hydrogens (tertiary/aromatic N) is 6. The van der Waals surface area contributed by atoms with Crippen LogP contribution in [0.15, 0.2) is 67.3 Å². The smallest absolute Gasteiger partial charge is 0.255 e. The molecule has 1 aliphatic rings. The van der Waals surface area contributed by atoms with E-state index in [0.717, 1.165) is 55.2 Å². The van der Waals surface area contributed by atoms with E-state index in [1.54, 1.807) is 35.5 Å². The molecule has 10 nitrogen and oxygen atoms in total. The van der Waals surface area contributed by atoms with E-state index in [9.17, 15) is 4.79 Å². The molecule has 41 heavy (non-hydrogen) atoms. The summed E-state index contributed by atoms with van der Waals surface area (Å²) in [4.78, 5) is 26.4. The first-order valence-corrected chi connectivity index (χ1v) is 13.6. The number of hydrogen-bond donors (Lipinski definition) is 3. The highest BCUT2D eigenvalue weighted by molar-refractivity contribution is 6.04. The molecule has 10 heteroatoms. The molecule has 0 spiro atoms. The summed E-state index contributed by atoms with van der Waals surface area (Å²) in [6, 6.07) is 13.6. The van der Waals surface area contributed by atoms with Crippen LogP contribution in [-0.4, -0.2) is 80.4 Å². The molecular weight excluding hydrogens is 516 g/mol. The molecule has 2 aromatic heterocycles. The van der Waals surface area contributed by atoms with E-state index in [1.165, 1.54) is 5.56 Å². The number of aliphatic hydroxyl groups excluding tert-OH is 1. The Morgan fingerprint density at radius 2 is 1.73 bits per heavy atom. The number of benzene rings is 2. The number of aromatic nitrogens is 4. The maximum Gasteiger partial charge on any atom is 0.255 e. The van der Waals surface area contributed by atoms with Gasteiger partial charge in [-0.1, -0.05) is 30.0 Å². The summed E-state index contributed by atoms with van der Waals surface area (Å²) in [7, 11) is 2.16. The van der Waals surface area contributed by atoms with E-state index in [1.807, 2.05) is 31.2 Å². The minimum Gasteiger partial charge on any atom is -0.394 e. The van der Waals surface area contributed by atoms with E-state index < -0.39 is 0 Å². The SMILES string of the molecule is Cc1ccc(C(=O)Nc2ccc(CN3CCN(C)CC3)cc2)cc1C#Cc1cnc(Nc2cnn(CCO)c2)nc1. The Bertz CT molecular complexity index is 1530. The predicted octanol–water partition coefficient (Wildman–Crippen LogP) is 3.12. The molecule has 1 saturated heterocycles. The van der Waals surface area contributed by atoms with Gasteiger partial charge in [0, 0.05) is 68.1 Å². The fourth-order valence-electron chi connectivity index (χ4n) is 4.44. The summed E-state index contributed by atoms with van der Waals surface area (Å²) < 4.78 is 1.63. The van der Waals surface area contributed by atoms with Crippen LogP contribution in [0.2, 0.25) is 0 Å². The fraction of sp³-hybridized carbons (Fsp3) is 0.290. The molecule has 1 amide bonds. The number of nitrogens with one attached hydrogen (secondary N) is 2. The zero-order valence-corrected chi connectivity index (χ0v) is 23.3. The van der Waals surface area contributed by atoms with Crippen molar-refractivity contribution in [1.82, 2.24) is 29.5 Å². The summed E-state index contributed by atoms with van der Waals surface area (Å²) in [5.41, 5.74) is 5.65. The molecule has 2 aromatic carbocycles. The first kappa shape index (κ1) is 28.0. The van der Waals surface area contributed by atoms with Crippen molar-refractivity contribution in [3.05, 3.63) is 95.1 Å². The van der Waals surface area contributed by atoms with Gasteiger partial charge in [0.15, 0.2) is 0 Å². The first-order valence-electron chi connectivity index (χ1n) is 13.6. The molecule has 0 radical (unpaired) electrons. The minimum absolute atomic E-state index is 0.0173. The molecule has 0 bridgehead atoms. The van der Waals surface area contributed by atoms with E-state index in [2.05, 4.69) is 66.5 Å². The third-order valence-corrected chi connectivity index (χ3v) is 6.93. The van der Waals surface area contributed by atoms with Crippen LogP contribution in [0.4, 0.5) is 17.3 Å². The van der Waals surface area contributed by atoms with Crippen molar-refractivity contribution in [3.63, 3.8) is 0 Å². The third kappa shape index (κ3) is 7.77. The zero-order valence-electron chi connectivity index (χ0n) is 23.3. The number of amides is 1. The largest absolute Gasteiger partial charge is 0.394 e.